The molecule has 1 saturated heterocycles. The molecule has 3 nitrogen and oxygen atoms in total. The van der Waals surface area contributed by atoms with Crippen molar-refractivity contribution in [2.24, 2.45) is 0 Å². The zero-order chi connectivity index (χ0) is 20.3. The molecular weight excluding hydrogens is 385 g/mol. The lowest BCUT2D eigenvalue weighted by Crippen LogP contribution is -2.35. The van der Waals surface area contributed by atoms with Gasteiger partial charge in [-0.1, -0.05) is 18.2 Å². The quantitative estimate of drug-likeness (QED) is 0.664. The lowest BCUT2D eigenvalue weighted by atomic mass is 10.1. The van der Waals surface area contributed by atoms with Crippen LogP contribution in [0.25, 0.3) is 0 Å². The predicted molar refractivity (Wildman–Crippen MR) is 105 cm³/mol. The van der Waals surface area contributed by atoms with Crippen LogP contribution in [0.3, 0.4) is 0 Å². The topological polar surface area (TPSA) is 23.6 Å². The molecule has 2 heterocycles. The molecule has 28 heavy (non-hydrogen) atoms. The van der Waals surface area contributed by atoms with Crippen molar-refractivity contribution in [3.8, 4) is 0 Å². The van der Waals surface area contributed by atoms with Gasteiger partial charge in [-0.25, -0.2) is 0 Å². The number of rotatable bonds is 5. The van der Waals surface area contributed by atoms with Gasteiger partial charge in [0.2, 0.25) is 5.91 Å². The average molecular weight is 411 g/mol. The number of halogens is 3. The summed E-state index contributed by atoms with van der Waals surface area (Å²) in [4.78, 5) is 17.9. The Hall–Kier alpha value is -1.86. The van der Waals surface area contributed by atoms with Crippen LogP contribution in [0.4, 0.5) is 13.2 Å². The molecule has 0 bridgehead atoms. The monoisotopic (exact) mass is 410 g/mol. The molecule has 2 atom stereocenters. The molecule has 0 aliphatic carbocycles. The van der Waals surface area contributed by atoms with Crippen molar-refractivity contribution in [3.63, 3.8) is 0 Å². The van der Waals surface area contributed by atoms with E-state index in [4.69, 9.17) is 0 Å². The number of alkyl halides is 3. The van der Waals surface area contributed by atoms with Gasteiger partial charge in [0, 0.05) is 36.5 Å². The SMILES string of the molecule is CC(c1cccs1)N(C)C1CCC(=O)N(Cc2cccc(C(F)(F)F)c2)CC1. The third-order valence-electron chi connectivity index (χ3n) is 5.55. The van der Waals surface area contributed by atoms with Crippen LogP contribution in [0.5, 0.6) is 0 Å². The van der Waals surface area contributed by atoms with Gasteiger partial charge in [-0.2, -0.15) is 13.2 Å². The van der Waals surface area contributed by atoms with Crippen LogP contribution in [0.15, 0.2) is 41.8 Å². The van der Waals surface area contributed by atoms with E-state index in [1.165, 1.54) is 10.9 Å². The number of carbonyl (C=O) groups is 1. The summed E-state index contributed by atoms with van der Waals surface area (Å²) in [5.41, 5.74) is -0.156. The second-order valence-electron chi connectivity index (χ2n) is 7.35. The molecule has 0 spiro atoms. The van der Waals surface area contributed by atoms with Crippen molar-refractivity contribution in [3.05, 3.63) is 57.8 Å². The summed E-state index contributed by atoms with van der Waals surface area (Å²) in [6.07, 6.45) is -2.36. The summed E-state index contributed by atoms with van der Waals surface area (Å²) < 4.78 is 38.8. The lowest BCUT2D eigenvalue weighted by Gasteiger charge is -2.32. The molecule has 1 aromatic carbocycles. The van der Waals surface area contributed by atoms with E-state index in [1.54, 1.807) is 22.3 Å². The van der Waals surface area contributed by atoms with E-state index in [1.807, 2.05) is 6.07 Å². The van der Waals surface area contributed by atoms with Gasteiger partial charge in [-0.3, -0.25) is 9.69 Å². The first-order valence-electron chi connectivity index (χ1n) is 9.45. The Morgan fingerprint density at radius 2 is 2.04 bits per heavy atom. The zero-order valence-corrected chi connectivity index (χ0v) is 16.9. The molecule has 1 aliphatic rings. The highest BCUT2D eigenvalue weighted by molar-refractivity contribution is 7.10. The molecule has 0 radical (unpaired) electrons. The molecular formula is C21H25F3N2OS. The van der Waals surface area contributed by atoms with Gasteiger partial charge in [-0.15, -0.1) is 11.3 Å². The van der Waals surface area contributed by atoms with Crippen LogP contribution in [0.2, 0.25) is 0 Å². The molecule has 2 aromatic rings. The highest BCUT2D eigenvalue weighted by Gasteiger charge is 2.31. The van der Waals surface area contributed by atoms with Gasteiger partial charge >= 0.3 is 6.18 Å². The lowest BCUT2D eigenvalue weighted by molar-refractivity contribution is -0.137. The van der Waals surface area contributed by atoms with E-state index in [-0.39, 0.29) is 24.5 Å². The van der Waals surface area contributed by atoms with Crippen molar-refractivity contribution >= 4 is 17.2 Å². The zero-order valence-electron chi connectivity index (χ0n) is 16.1. The molecule has 1 aliphatic heterocycles. The van der Waals surface area contributed by atoms with Gasteiger partial charge in [0.05, 0.1) is 5.56 Å². The Morgan fingerprint density at radius 3 is 2.71 bits per heavy atom. The Balaban J connectivity index is 1.65. The molecule has 0 saturated carbocycles. The minimum atomic E-state index is -4.37. The maximum atomic E-state index is 12.9. The normalized spacial score (nSPS) is 19.7. The molecule has 2 unspecified atom stereocenters. The first kappa shape index (κ1) is 20.9. The van der Waals surface area contributed by atoms with E-state index in [2.05, 4.69) is 30.3 Å². The van der Waals surface area contributed by atoms with Crippen LogP contribution < -0.4 is 0 Å². The summed E-state index contributed by atoms with van der Waals surface area (Å²) in [6.45, 7) is 2.94. The third kappa shape index (κ3) is 4.94. The Bertz CT molecular complexity index is 791. The molecule has 1 aromatic heterocycles. The summed E-state index contributed by atoms with van der Waals surface area (Å²) in [6, 6.07) is 9.95. The molecule has 7 heteroatoms. The molecule has 152 valence electrons. The third-order valence-corrected chi connectivity index (χ3v) is 6.59. The fraction of sp³-hybridized carbons (Fsp3) is 0.476. The van der Waals surface area contributed by atoms with Crippen LogP contribution in [-0.2, 0) is 17.5 Å². The number of benzene rings is 1. The summed E-state index contributed by atoms with van der Waals surface area (Å²) in [5, 5.41) is 2.06. The fourth-order valence-corrected chi connectivity index (χ4v) is 4.54. The Labute approximate surface area is 167 Å². The fourth-order valence-electron chi connectivity index (χ4n) is 3.71. The van der Waals surface area contributed by atoms with E-state index >= 15 is 0 Å². The van der Waals surface area contributed by atoms with E-state index in [9.17, 15) is 18.0 Å². The van der Waals surface area contributed by atoms with E-state index in [0.717, 1.165) is 25.0 Å². The van der Waals surface area contributed by atoms with Gasteiger partial charge in [-0.05, 0) is 56.0 Å². The summed E-state index contributed by atoms with van der Waals surface area (Å²) >= 11 is 1.72. The number of amides is 1. The Morgan fingerprint density at radius 1 is 1.25 bits per heavy atom. The number of hydrogen-bond acceptors (Lipinski definition) is 3. The largest absolute Gasteiger partial charge is 0.416 e. The molecule has 1 fully saturated rings. The Kier molecular flexibility index (Phi) is 6.45. The van der Waals surface area contributed by atoms with Gasteiger partial charge in [0.25, 0.3) is 0 Å². The van der Waals surface area contributed by atoms with Gasteiger partial charge in [0.1, 0.15) is 0 Å². The van der Waals surface area contributed by atoms with Crippen LogP contribution >= 0.6 is 11.3 Å². The van der Waals surface area contributed by atoms with Crippen LogP contribution in [0.1, 0.15) is 48.2 Å². The summed E-state index contributed by atoms with van der Waals surface area (Å²) in [7, 11) is 2.09. The maximum absolute atomic E-state index is 12.9. The van der Waals surface area contributed by atoms with Gasteiger partial charge < -0.3 is 4.90 Å². The number of carbonyl (C=O) groups excluding carboxylic acids is 1. The van der Waals surface area contributed by atoms with Crippen LogP contribution in [0, 0.1) is 0 Å². The van der Waals surface area contributed by atoms with Crippen molar-refractivity contribution in [2.45, 2.75) is 51.0 Å². The smallest absolute Gasteiger partial charge is 0.338 e. The first-order chi connectivity index (χ1) is 13.3. The second-order valence-corrected chi connectivity index (χ2v) is 8.33. The summed E-state index contributed by atoms with van der Waals surface area (Å²) in [5.74, 6) is 0.0112. The first-order valence-corrected chi connectivity index (χ1v) is 10.3. The van der Waals surface area contributed by atoms with Crippen molar-refractivity contribution in [1.29, 1.82) is 0 Å². The van der Waals surface area contributed by atoms with E-state index in [0.29, 0.717) is 18.5 Å². The average Bonchev–Trinajstić information content (AvgIpc) is 3.13. The predicted octanol–water partition coefficient (Wildman–Crippen LogP) is 5.34. The van der Waals surface area contributed by atoms with Gasteiger partial charge in [0.15, 0.2) is 0 Å². The second kappa shape index (κ2) is 8.66. The standard InChI is InChI=1S/C21H25F3N2OS/c1-15(19-7-4-12-28-19)25(2)18-8-9-20(27)26(11-10-18)14-16-5-3-6-17(13-16)21(22,23)24/h3-7,12-13,15,18H,8-11,14H2,1-2H3. The van der Waals surface area contributed by atoms with Crippen molar-refractivity contribution < 1.29 is 18.0 Å². The van der Waals surface area contributed by atoms with Crippen LogP contribution in [-0.4, -0.2) is 35.3 Å². The number of thiophene rings is 1. The molecule has 3 rings (SSSR count). The highest BCUT2D eigenvalue weighted by Crippen LogP contribution is 2.31. The maximum Gasteiger partial charge on any atom is 0.416 e. The number of hydrogen-bond donors (Lipinski definition) is 0. The highest BCUT2D eigenvalue weighted by atomic mass is 32.1. The van der Waals surface area contributed by atoms with Crippen molar-refractivity contribution in [2.75, 3.05) is 13.6 Å². The number of likely N-dealkylation sites (tertiary alicyclic amines) is 1. The minimum Gasteiger partial charge on any atom is -0.338 e. The molecule has 0 N–H and O–H groups in total. The number of nitrogens with zero attached hydrogens (tertiary/aromatic N) is 2. The van der Waals surface area contributed by atoms with E-state index < -0.39 is 11.7 Å². The van der Waals surface area contributed by atoms with Crippen molar-refractivity contribution in [1.82, 2.24) is 9.80 Å². The minimum absolute atomic E-state index is 0.0112. The molecule has 1 amide bonds.